The third kappa shape index (κ3) is 4.09. The number of hydrogen-bond acceptors (Lipinski definition) is 3. The van der Waals surface area contributed by atoms with E-state index >= 15 is 0 Å². The maximum Gasteiger partial charge on any atom is 0.240 e. The number of rotatable bonds is 5. The maximum absolute atomic E-state index is 10.1. The van der Waals surface area contributed by atoms with Crippen LogP contribution in [0.1, 0.15) is 11.1 Å². The quantitative estimate of drug-likeness (QED) is 0.652. The van der Waals surface area contributed by atoms with E-state index in [0.717, 1.165) is 18.7 Å². The molecule has 0 aliphatic rings. The van der Waals surface area contributed by atoms with Crippen LogP contribution in [0, 0.1) is 6.92 Å². The van der Waals surface area contributed by atoms with Gasteiger partial charge in [-0.25, -0.2) is 4.79 Å². The third-order valence-electron chi connectivity index (χ3n) is 2.91. The molecule has 0 heterocycles. The van der Waals surface area contributed by atoms with Crippen molar-refractivity contribution < 1.29 is 4.79 Å². The monoisotopic (exact) mass is 252 g/mol. The van der Waals surface area contributed by atoms with Crippen LogP contribution in [0.25, 0.3) is 0 Å². The number of nitrogens with zero attached hydrogens (tertiary/aromatic N) is 1. The second kappa shape index (κ2) is 6.53. The van der Waals surface area contributed by atoms with E-state index in [0.29, 0.717) is 5.69 Å². The predicted molar refractivity (Wildman–Crippen MR) is 77.6 cm³/mol. The fourth-order valence-electron chi connectivity index (χ4n) is 1.81. The van der Waals surface area contributed by atoms with E-state index in [1.807, 2.05) is 24.3 Å². The van der Waals surface area contributed by atoms with Crippen molar-refractivity contribution in [2.75, 3.05) is 11.9 Å². The Morgan fingerprint density at radius 2 is 1.74 bits per heavy atom. The lowest BCUT2D eigenvalue weighted by Crippen LogP contribution is -2.04. The predicted octanol–water partition coefficient (Wildman–Crippen LogP) is 3.62. The number of isocyanates is 1. The van der Waals surface area contributed by atoms with Crippen LogP contribution in [0.4, 0.5) is 11.4 Å². The minimum absolute atomic E-state index is 0.644. The van der Waals surface area contributed by atoms with Gasteiger partial charge >= 0.3 is 0 Å². The Morgan fingerprint density at radius 3 is 2.37 bits per heavy atom. The average Bonchev–Trinajstić information content (AvgIpc) is 2.43. The van der Waals surface area contributed by atoms with Gasteiger partial charge in [-0.05, 0) is 43.2 Å². The van der Waals surface area contributed by atoms with E-state index in [1.54, 1.807) is 0 Å². The third-order valence-corrected chi connectivity index (χ3v) is 2.91. The summed E-state index contributed by atoms with van der Waals surface area (Å²) in [6, 6.07) is 16.0. The van der Waals surface area contributed by atoms with Crippen molar-refractivity contribution in [2.24, 2.45) is 4.99 Å². The van der Waals surface area contributed by atoms with Gasteiger partial charge in [0.05, 0.1) is 5.69 Å². The highest BCUT2D eigenvalue weighted by Gasteiger charge is 1.95. The molecule has 0 aliphatic heterocycles. The normalized spacial score (nSPS) is 9.74. The summed E-state index contributed by atoms with van der Waals surface area (Å²) in [5.41, 5.74) is 4.25. The van der Waals surface area contributed by atoms with Gasteiger partial charge in [-0.1, -0.05) is 29.8 Å². The van der Waals surface area contributed by atoms with Crippen LogP contribution < -0.4 is 5.32 Å². The molecule has 0 atom stereocenters. The number of nitrogens with one attached hydrogen (secondary N) is 1. The zero-order valence-electron chi connectivity index (χ0n) is 10.9. The van der Waals surface area contributed by atoms with E-state index in [4.69, 9.17) is 0 Å². The summed E-state index contributed by atoms with van der Waals surface area (Å²) in [5.74, 6) is 0. The van der Waals surface area contributed by atoms with Crippen LogP contribution in [0.3, 0.4) is 0 Å². The van der Waals surface area contributed by atoms with E-state index in [-0.39, 0.29) is 0 Å². The SMILES string of the molecule is Cc1ccc(NCCc2ccc(N=C=O)cc2)cc1. The number of aryl methyl sites for hydroxylation is 1. The van der Waals surface area contributed by atoms with Gasteiger partial charge in [0, 0.05) is 12.2 Å². The molecule has 0 bridgehead atoms. The number of carbonyl (C=O) groups excluding carboxylic acids is 1. The highest BCUT2D eigenvalue weighted by molar-refractivity contribution is 5.49. The molecule has 0 saturated carbocycles. The first-order chi connectivity index (χ1) is 9.28. The zero-order chi connectivity index (χ0) is 13.5. The van der Waals surface area contributed by atoms with Crippen LogP contribution in [-0.2, 0) is 11.2 Å². The Kier molecular flexibility index (Phi) is 4.49. The summed E-state index contributed by atoms with van der Waals surface area (Å²) in [7, 11) is 0. The molecule has 3 heteroatoms. The van der Waals surface area contributed by atoms with Crippen LogP contribution >= 0.6 is 0 Å². The Morgan fingerprint density at radius 1 is 1.05 bits per heavy atom. The molecule has 0 unspecified atom stereocenters. The summed E-state index contributed by atoms with van der Waals surface area (Å²) in [6.45, 7) is 2.95. The molecule has 0 amide bonds. The minimum atomic E-state index is 0.644. The zero-order valence-corrected chi connectivity index (χ0v) is 10.9. The molecule has 2 aromatic rings. The average molecular weight is 252 g/mol. The summed E-state index contributed by atoms with van der Waals surface area (Å²) in [6.07, 6.45) is 2.46. The molecular weight excluding hydrogens is 236 g/mol. The first kappa shape index (κ1) is 13.1. The first-order valence-electron chi connectivity index (χ1n) is 6.25. The fraction of sp³-hybridized carbons (Fsp3) is 0.188. The summed E-state index contributed by atoms with van der Waals surface area (Å²) < 4.78 is 0. The fourth-order valence-corrected chi connectivity index (χ4v) is 1.81. The lowest BCUT2D eigenvalue weighted by Gasteiger charge is -2.06. The summed E-state index contributed by atoms with van der Waals surface area (Å²) >= 11 is 0. The second-order valence-corrected chi connectivity index (χ2v) is 4.41. The number of aliphatic imine (C=N–C) groups is 1. The largest absolute Gasteiger partial charge is 0.385 e. The van der Waals surface area contributed by atoms with Gasteiger partial charge in [0.15, 0.2) is 0 Å². The van der Waals surface area contributed by atoms with Gasteiger partial charge in [0.25, 0.3) is 0 Å². The molecule has 1 N–H and O–H groups in total. The van der Waals surface area contributed by atoms with Crippen molar-refractivity contribution in [1.82, 2.24) is 0 Å². The molecule has 0 spiro atoms. The molecular formula is C16H16N2O. The number of benzene rings is 2. The second-order valence-electron chi connectivity index (χ2n) is 4.41. The van der Waals surface area contributed by atoms with E-state index in [9.17, 15) is 4.79 Å². The van der Waals surface area contributed by atoms with Crippen molar-refractivity contribution in [1.29, 1.82) is 0 Å². The molecule has 19 heavy (non-hydrogen) atoms. The maximum atomic E-state index is 10.1. The van der Waals surface area contributed by atoms with Gasteiger partial charge in [0.2, 0.25) is 6.08 Å². The first-order valence-corrected chi connectivity index (χ1v) is 6.25. The molecule has 96 valence electrons. The number of hydrogen-bond donors (Lipinski definition) is 1. The molecule has 3 nitrogen and oxygen atoms in total. The van der Waals surface area contributed by atoms with Crippen LogP contribution in [0.5, 0.6) is 0 Å². The standard InChI is InChI=1S/C16H16N2O/c1-13-2-6-15(7-3-13)17-11-10-14-4-8-16(9-5-14)18-12-19/h2-9,17H,10-11H2,1H3. The molecule has 2 aromatic carbocycles. The highest BCUT2D eigenvalue weighted by atomic mass is 16.1. The Labute approximate surface area is 113 Å². The van der Waals surface area contributed by atoms with Gasteiger partial charge < -0.3 is 5.32 Å². The van der Waals surface area contributed by atoms with Gasteiger partial charge in [0.1, 0.15) is 0 Å². The van der Waals surface area contributed by atoms with Crippen molar-refractivity contribution in [3.8, 4) is 0 Å². The van der Waals surface area contributed by atoms with Crippen molar-refractivity contribution in [3.05, 3.63) is 59.7 Å². The van der Waals surface area contributed by atoms with E-state index in [2.05, 4.69) is 41.5 Å². The van der Waals surface area contributed by atoms with Gasteiger partial charge in [-0.2, -0.15) is 4.99 Å². The lowest BCUT2D eigenvalue weighted by molar-refractivity contribution is 0.565. The van der Waals surface area contributed by atoms with E-state index < -0.39 is 0 Å². The molecule has 0 aromatic heterocycles. The minimum Gasteiger partial charge on any atom is -0.385 e. The van der Waals surface area contributed by atoms with Crippen molar-refractivity contribution >= 4 is 17.5 Å². The summed E-state index contributed by atoms with van der Waals surface area (Å²) in [4.78, 5) is 13.7. The van der Waals surface area contributed by atoms with Crippen molar-refractivity contribution in [2.45, 2.75) is 13.3 Å². The topological polar surface area (TPSA) is 41.5 Å². The lowest BCUT2D eigenvalue weighted by atomic mass is 10.1. The molecule has 0 fully saturated rings. The Hall–Kier alpha value is -2.38. The molecule has 0 radical (unpaired) electrons. The van der Waals surface area contributed by atoms with Crippen molar-refractivity contribution in [3.63, 3.8) is 0 Å². The Bertz CT molecular complexity index is 567. The Balaban J connectivity index is 1.85. The highest BCUT2D eigenvalue weighted by Crippen LogP contribution is 2.13. The molecule has 0 saturated heterocycles. The smallest absolute Gasteiger partial charge is 0.240 e. The van der Waals surface area contributed by atoms with Gasteiger partial charge in [-0.3, -0.25) is 0 Å². The van der Waals surface area contributed by atoms with Crippen LogP contribution in [0.15, 0.2) is 53.5 Å². The van der Waals surface area contributed by atoms with Gasteiger partial charge in [-0.15, -0.1) is 0 Å². The van der Waals surface area contributed by atoms with Crippen LogP contribution in [-0.4, -0.2) is 12.6 Å². The summed E-state index contributed by atoms with van der Waals surface area (Å²) in [5, 5.41) is 3.37. The number of anilines is 1. The van der Waals surface area contributed by atoms with Crippen LogP contribution in [0.2, 0.25) is 0 Å². The molecule has 0 aliphatic carbocycles. The molecule has 2 rings (SSSR count). The van der Waals surface area contributed by atoms with E-state index in [1.165, 1.54) is 17.2 Å².